The van der Waals surface area contributed by atoms with Crippen molar-refractivity contribution in [3.05, 3.63) is 53.0 Å². The van der Waals surface area contributed by atoms with Crippen LogP contribution in [0.4, 0.5) is 0 Å². The maximum absolute atomic E-state index is 12.9. The predicted molar refractivity (Wildman–Crippen MR) is 101 cm³/mol. The summed E-state index contributed by atoms with van der Waals surface area (Å²) in [7, 11) is 0. The maximum atomic E-state index is 12.9. The van der Waals surface area contributed by atoms with Gasteiger partial charge in [-0.2, -0.15) is 5.10 Å². The average Bonchev–Trinajstić information content (AvgIpc) is 3.31. The standard InChI is InChI=1S/C20H22N4O3/c25-10-4-3-7-18(26)19-14-12-24(9-8-16(14)22-23-19)20(27)17-11-13-5-1-2-6-15(13)21-17/h1-2,5-6,11,21,25H,3-4,7-10,12H2,(H,22,23). The zero-order valence-corrected chi connectivity index (χ0v) is 15.0. The Kier molecular flexibility index (Phi) is 4.77. The van der Waals surface area contributed by atoms with Crippen molar-refractivity contribution in [3.63, 3.8) is 0 Å². The molecule has 27 heavy (non-hydrogen) atoms. The van der Waals surface area contributed by atoms with Gasteiger partial charge >= 0.3 is 0 Å². The molecule has 0 fully saturated rings. The lowest BCUT2D eigenvalue weighted by Gasteiger charge is -2.26. The van der Waals surface area contributed by atoms with E-state index in [1.165, 1.54) is 0 Å². The number of aliphatic hydroxyl groups excluding tert-OH is 1. The molecule has 140 valence electrons. The molecule has 4 rings (SSSR count). The molecule has 3 aromatic rings. The van der Waals surface area contributed by atoms with E-state index in [4.69, 9.17) is 5.11 Å². The zero-order valence-electron chi connectivity index (χ0n) is 15.0. The predicted octanol–water partition coefficient (Wildman–Crippen LogP) is 2.43. The quantitative estimate of drug-likeness (QED) is 0.460. The van der Waals surface area contributed by atoms with Gasteiger partial charge in [-0.15, -0.1) is 0 Å². The molecule has 3 N–H and O–H groups in total. The second-order valence-corrected chi connectivity index (χ2v) is 6.88. The molecule has 2 aromatic heterocycles. The van der Waals surface area contributed by atoms with E-state index >= 15 is 0 Å². The van der Waals surface area contributed by atoms with E-state index in [0.717, 1.165) is 22.2 Å². The van der Waals surface area contributed by atoms with E-state index in [2.05, 4.69) is 15.2 Å². The van der Waals surface area contributed by atoms with Crippen molar-refractivity contribution in [1.82, 2.24) is 20.1 Å². The zero-order chi connectivity index (χ0) is 18.8. The molecule has 0 saturated heterocycles. The van der Waals surface area contributed by atoms with Crippen LogP contribution < -0.4 is 0 Å². The molecular weight excluding hydrogens is 344 g/mol. The van der Waals surface area contributed by atoms with Gasteiger partial charge in [0.05, 0.1) is 6.54 Å². The van der Waals surface area contributed by atoms with Crippen LogP contribution in [-0.2, 0) is 13.0 Å². The molecule has 1 aliphatic heterocycles. The third kappa shape index (κ3) is 3.38. The lowest BCUT2D eigenvalue weighted by molar-refractivity contribution is 0.0726. The van der Waals surface area contributed by atoms with Gasteiger partial charge in [0.1, 0.15) is 11.4 Å². The molecular formula is C20H22N4O3. The number of aromatic amines is 2. The average molecular weight is 366 g/mol. The number of ketones is 1. The van der Waals surface area contributed by atoms with Gasteiger partial charge in [0.15, 0.2) is 5.78 Å². The fraction of sp³-hybridized carbons (Fsp3) is 0.350. The number of hydrogen-bond acceptors (Lipinski definition) is 4. The van der Waals surface area contributed by atoms with E-state index in [1.54, 1.807) is 4.90 Å². The number of aromatic nitrogens is 3. The molecule has 1 amide bonds. The van der Waals surface area contributed by atoms with Crippen molar-refractivity contribution in [2.45, 2.75) is 32.2 Å². The van der Waals surface area contributed by atoms with Crippen LogP contribution in [-0.4, -0.2) is 50.0 Å². The van der Waals surface area contributed by atoms with E-state index < -0.39 is 0 Å². The number of benzene rings is 1. The van der Waals surface area contributed by atoms with Crippen molar-refractivity contribution >= 4 is 22.6 Å². The Bertz CT molecular complexity index is 955. The molecule has 1 aromatic carbocycles. The number of amides is 1. The number of para-hydroxylation sites is 1. The number of rotatable bonds is 6. The highest BCUT2D eigenvalue weighted by molar-refractivity contribution is 5.99. The Morgan fingerprint density at radius 3 is 2.89 bits per heavy atom. The lowest BCUT2D eigenvalue weighted by atomic mass is 10.0. The molecule has 1 aliphatic rings. The number of nitrogens with zero attached hydrogens (tertiary/aromatic N) is 2. The Balaban J connectivity index is 1.52. The number of hydrogen-bond donors (Lipinski definition) is 3. The molecule has 7 heteroatoms. The minimum atomic E-state index is -0.0725. The van der Waals surface area contributed by atoms with Crippen LogP contribution in [0.5, 0.6) is 0 Å². The SMILES string of the molecule is O=C(CCCCO)c1n[nH]c2c1CN(C(=O)c1cc3ccccc3[nH]1)CC2. The molecule has 0 saturated carbocycles. The number of fused-ring (bicyclic) bond motifs is 2. The third-order valence-corrected chi connectivity index (χ3v) is 5.06. The second-order valence-electron chi connectivity index (χ2n) is 6.88. The summed E-state index contributed by atoms with van der Waals surface area (Å²) in [5, 5.41) is 17.0. The van der Waals surface area contributed by atoms with Gasteiger partial charge in [0.25, 0.3) is 5.91 Å². The van der Waals surface area contributed by atoms with Gasteiger partial charge in [-0.1, -0.05) is 18.2 Å². The van der Waals surface area contributed by atoms with Gasteiger partial charge in [-0.3, -0.25) is 14.7 Å². The van der Waals surface area contributed by atoms with Crippen molar-refractivity contribution in [2.24, 2.45) is 0 Å². The number of nitrogens with one attached hydrogen (secondary N) is 2. The number of carbonyl (C=O) groups excluding carboxylic acids is 2. The summed E-state index contributed by atoms with van der Waals surface area (Å²) in [4.78, 5) is 30.3. The van der Waals surface area contributed by atoms with Crippen LogP contribution >= 0.6 is 0 Å². The van der Waals surface area contributed by atoms with Crippen LogP contribution in [0.1, 0.15) is 51.5 Å². The second kappa shape index (κ2) is 7.36. The topological polar surface area (TPSA) is 102 Å². The third-order valence-electron chi connectivity index (χ3n) is 5.06. The summed E-state index contributed by atoms with van der Waals surface area (Å²) in [6.45, 7) is 1.04. The summed E-state index contributed by atoms with van der Waals surface area (Å²) < 4.78 is 0. The van der Waals surface area contributed by atoms with Crippen LogP contribution in [0.3, 0.4) is 0 Å². The number of carbonyl (C=O) groups is 2. The monoisotopic (exact) mass is 366 g/mol. The highest BCUT2D eigenvalue weighted by Gasteiger charge is 2.28. The van der Waals surface area contributed by atoms with Crippen molar-refractivity contribution < 1.29 is 14.7 Å². The lowest BCUT2D eigenvalue weighted by Crippen LogP contribution is -2.36. The fourth-order valence-electron chi connectivity index (χ4n) is 3.57. The van der Waals surface area contributed by atoms with Gasteiger partial charge in [-0.05, 0) is 25.0 Å². The number of unbranched alkanes of at least 4 members (excludes halogenated alkanes) is 1. The summed E-state index contributed by atoms with van der Waals surface area (Å²) in [5.41, 5.74) is 3.67. The number of H-pyrrole nitrogens is 2. The van der Waals surface area contributed by atoms with Crippen molar-refractivity contribution in [1.29, 1.82) is 0 Å². The Labute approximate surface area is 156 Å². The summed E-state index contributed by atoms with van der Waals surface area (Å²) >= 11 is 0. The maximum Gasteiger partial charge on any atom is 0.270 e. The van der Waals surface area contributed by atoms with Crippen molar-refractivity contribution in [3.8, 4) is 0 Å². The largest absolute Gasteiger partial charge is 0.396 e. The smallest absolute Gasteiger partial charge is 0.270 e. The van der Waals surface area contributed by atoms with Gasteiger partial charge in [-0.25, -0.2) is 0 Å². The normalized spacial score (nSPS) is 13.7. The van der Waals surface area contributed by atoms with Crippen LogP contribution in [0.15, 0.2) is 30.3 Å². The van der Waals surface area contributed by atoms with E-state index in [9.17, 15) is 9.59 Å². The highest BCUT2D eigenvalue weighted by Crippen LogP contribution is 2.24. The first-order valence-corrected chi connectivity index (χ1v) is 9.24. The van der Waals surface area contributed by atoms with Gasteiger partial charge in [0.2, 0.25) is 0 Å². The number of Topliss-reactive ketones (excluding diaryl/α,β-unsaturated/α-hetero) is 1. The molecule has 0 bridgehead atoms. The number of aliphatic hydroxyl groups is 1. The fourth-order valence-corrected chi connectivity index (χ4v) is 3.57. The molecule has 0 radical (unpaired) electrons. The molecule has 0 unspecified atom stereocenters. The summed E-state index contributed by atoms with van der Waals surface area (Å²) in [5.74, 6) is -0.113. The molecule has 0 spiro atoms. The molecule has 0 aliphatic carbocycles. The van der Waals surface area contributed by atoms with E-state index in [0.29, 0.717) is 50.2 Å². The minimum absolute atomic E-state index is 0.0409. The summed E-state index contributed by atoms with van der Waals surface area (Å²) in [6, 6.07) is 9.65. The Morgan fingerprint density at radius 2 is 2.07 bits per heavy atom. The molecule has 7 nitrogen and oxygen atoms in total. The first kappa shape index (κ1) is 17.5. The summed E-state index contributed by atoms with van der Waals surface area (Å²) in [6.07, 6.45) is 2.24. The van der Waals surface area contributed by atoms with Crippen LogP contribution in [0, 0.1) is 0 Å². The first-order valence-electron chi connectivity index (χ1n) is 9.24. The minimum Gasteiger partial charge on any atom is -0.396 e. The van der Waals surface area contributed by atoms with E-state index in [1.807, 2.05) is 30.3 Å². The highest BCUT2D eigenvalue weighted by atomic mass is 16.3. The first-order chi connectivity index (χ1) is 13.2. The molecule has 3 heterocycles. The van der Waals surface area contributed by atoms with Crippen molar-refractivity contribution in [2.75, 3.05) is 13.2 Å². The molecule has 0 atom stereocenters. The van der Waals surface area contributed by atoms with E-state index in [-0.39, 0.29) is 18.3 Å². The van der Waals surface area contributed by atoms with Crippen LogP contribution in [0.2, 0.25) is 0 Å². The Morgan fingerprint density at radius 1 is 1.22 bits per heavy atom. The van der Waals surface area contributed by atoms with Gasteiger partial charge < -0.3 is 15.0 Å². The Hall–Kier alpha value is -2.93. The van der Waals surface area contributed by atoms with Crippen LogP contribution in [0.25, 0.3) is 10.9 Å². The van der Waals surface area contributed by atoms with Gasteiger partial charge in [0, 0.05) is 48.2 Å².